The molecule has 122 valence electrons. The van der Waals surface area contributed by atoms with Gasteiger partial charge in [-0.25, -0.2) is 9.78 Å². The zero-order valence-electron chi connectivity index (χ0n) is 13.2. The smallest absolute Gasteiger partial charge is 0.410 e. The largest absolute Gasteiger partial charge is 0.444 e. The standard InChI is InChI=1S/C14H22ClN5O2/c1-14(2,3)22-13(21)20-6-4-5-19(7-8-20)11-9-10(15)17-12(16)18-11/h9H,4-8H2,1-3H3,(H2,16,17,18). The van der Waals surface area contributed by atoms with Crippen molar-refractivity contribution < 1.29 is 9.53 Å². The van der Waals surface area contributed by atoms with Crippen LogP contribution in [0.2, 0.25) is 5.15 Å². The summed E-state index contributed by atoms with van der Waals surface area (Å²) in [5, 5.41) is 0.316. The number of amides is 1. The fraction of sp³-hybridized carbons (Fsp3) is 0.643. The Labute approximate surface area is 135 Å². The van der Waals surface area contributed by atoms with Crippen molar-refractivity contribution in [1.29, 1.82) is 0 Å². The van der Waals surface area contributed by atoms with Crippen LogP contribution in [0.25, 0.3) is 0 Å². The van der Waals surface area contributed by atoms with E-state index in [1.807, 2.05) is 25.7 Å². The van der Waals surface area contributed by atoms with E-state index in [1.165, 1.54) is 0 Å². The minimum absolute atomic E-state index is 0.149. The molecule has 0 atom stereocenters. The number of nitrogens with zero attached hydrogens (tertiary/aromatic N) is 4. The van der Waals surface area contributed by atoms with Crippen LogP contribution >= 0.6 is 11.6 Å². The molecule has 0 unspecified atom stereocenters. The first-order valence-electron chi connectivity index (χ1n) is 7.27. The third-order valence-electron chi connectivity index (χ3n) is 3.17. The number of nitrogen functional groups attached to an aromatic ring is 1. The van der Waals surface area contributed by atoms with Crippen LogP contribution in [0.15, 0.2) is 6.07 Å². The summed E-state index contributed by atoms with van der Waals surface area (Å²) in [6.07, 6.45) is 0.537. The molecule has 1 fully saturated rings. The molecule has 0 radical (unpaired) electrons. The van der Waals surface area contributed by atoms with Crippen LogP contribution in [0.1, 0.15) is 27.2 Å². The quantitative estimate of drug-likeness (QED) is 0.796. The average Bonchev–Trinajstić information content (AvgIpc) is 2.61. The Hall–Kier alpha value is -1.76. The Morgan fingerprint density at radius 1 is 1.27 bits per heavy atom. The molecule has 1 aliphatic rings. The third kappa shape index (κ3) is 4.62. The number of ether oxygens (including phenoxy) is 1. The molecule has 1 aliphatic heterocycles. The van der Waals surface area contributed by atoms with E-state index in [0.29, 0.717) is 30.6 Å². The topological polar surface area (TPSA) is 84.6 Å². The van der Waals surface area contributed by atoms with Gasteiger partial charge in [-0.2, -0.15) is 4.98 Å². The Kier molecular flexibility index (Phi) is 4.95. The molecule has 0 spiro atoms. The number of carbonyl (C=O) groups excluding carboxylic acids is 1. The molecular formula is C14H22ClN5O2. The van der Waals surface area contributed by atoms with Crippen LogP contribution in [0, 0.1) is 0 Å². The molecule has 0 bridgehead atoms. The summed E-state index contributed by atoms with van der Waals surface area (Å²) in [4.78, 5) is 24.0. The Morgan fingerprint density at radius 3 is 2.64 bits per heavy atom. The van der Waals surface area contributed by atoms with Crippen LogP contribution in [-0.2, 0) is 4.74 Å². The van der Waals surface area contributed by atoms with Crippen LogP contribution < -0.4 is 10.6 Å². The van der Waals surface area contributed by atoms with Gasteiger partial charge in [-0.15, -0.1) is 0 Å². The van der Waals surface area contributed by atoms with E-state index >= 15 is 0 Å². The zero-order chi connectivity index (χ0) is 16.3. The van der Waals surface area contributed by atoms with Crippen molar-refractivity contribution in [3.8, 4) is 0 Å². The van der Waals surface area contributed by atoms with Crippen LogP contribution in [-0.4, -0.2) is 52.7 Å². The molecule has 1 aromatic rings. The van der Waals surface area contributed by atoms with Crippen LogP contribution in [0.5, 0.6) is 0 Å². The lowest BCUT2D eigenvalue weighted by atomic mass is 10.2. The van der Waals surface area contributed by atoms with Gasteiger partial charge >= 0.3 is 6.09 Å². The van der Waals surface area contributed by atoms with Crippen molar-refractivity contribution >= 4 is 29.5 Å². The first-order chi connectivity index (χ1) is 10.2. The molecule has 1 amide bonds. The van der Waals surface area contributed by atoms with Crippen molar-refractivity contribution in [3.05, 3.63) is 11.2 Å². The third-order valence-corrected chi connectivity index (χ3v) is 3.36. The fourth-order valence-electron chi connectivity index (χ4n) is 2.24. The Morgan fingerprint density at radius 2 is 2.00 bits per heavy atom. The van der Waals surface area contributed by atoms with E-state index in [9.17, 15) is 4.79 Å². The summed E-state index contributed by atoms with van der Waals surface area (Å²) in [7, 11) is 0. The van der Waals surface area contributed by atoms with Gasteiger partial charge in [0.05, 0.1) is 0 Å². The van der Waals surface area contributed by atoms with Gasteiger partial charge in [-0.1, -0.05) is 11.6 Å². The highest BCUT2D eigenvalue weighted by Gasteiger charge is 2.25. The molecule has 2 heterocycles. The fourth-order valence-corrected chi connectivity index (χ4v) is 2.42. The summed E-state index contributed by atoms with van der Waals surface area (Å²) in [6, 6.07) is 1.68. The minimum Gasteiger partial charge on any atom is -0.444 e. The summed E-state index contributed by atoms with van der Waals surface area (Å²) in [5.74, 6) is 0.833. The molecule has 8 heteroatoms. The van der Waals surface area contributed by atoms with Crippen LogP contribution in [0.4, 0.5) is 16.6 Å². The van der Waals surface area contributed by atoms with Gasteiger partial charge in [0, 0.05) is 32.2 Å². The van der Waals surface area contributed by atoms with Gasteiger partial charge in [0.1, 0.15) is 16.6 Å². The summed E-state index contributed by atoms with van der Waals surface area (Å²) in [5.41, 5.74) is 5.14. The average molecular weight is 328 g/mol. The number of nitrogens with two attached hydrogens (primary N) is 1. The van der Waals surface area contributed by atoms with E-state index in [1.54, 1.807) is 11.0 Å². The molecule has 0 saturated carbocycles. The number of rotatable bonds is 1. The lowest BCUT2D eigenvalue weighted by molar-refractivity contribution is 0.0263. The molecule has 0 aliphatic carbocycles. The van der Waals surface area contributed by atoms with Gasteiger partial charge in [0.15, 0.2) is 0 Å². The molecule has 22 heavy (non-hydrogen) atoms. The Bertz CT molecular complexity index is 526. The number of anilines is 2. The maximum atomic E-state index is 12.1. The number of carbonyl (C=O) groups is 1. The highest BCUT2D eigenvalue weighted by Crippen LogP contribution is 2.19. The molecule has 2 rings (SSSR count). The zero-order valence-corrected chi connectivity index (χ0v) is 13.9. The highest BCUT2D eigenvalue weighted by atomic mass is 35.5. The second-order valence-electron chi connectivity index (χ2n) is 6.22. The monoisotopic (exact) mass is 327 g/mol. The highest BCUT2D eigenvalue weighted by molar-refractivity contribution is 6.29. The molecule has 2 N–H and O–H groups in total. The molecular weight excluding hydrogens is 306 g/mol. The van der Waals surface area contributed by atoms with Crippen molar-refractivity contribution in [1.82, 2.24) is 14.9 Å². The maximum Gasteiger partial charge on any atom is 0.410 e. The van der Waals surface area contributed by atoms with Crippen LogP contribution in [0.3, 0.4) is 0 Å². The normalized spacial score (nSPS) is 16.4. The number of halogens is 1. The van der Waals surface area contributed by atoms with E-state index in [0.717, 1.165) is 13.0 Å². The lowest BCUT2D eigenvalue weighted by Gasteiger charge is -2.26. The Balaban J connectivity index is 2.02. The molecule has 0 aromatic carbocycles. The van der Waals surface area contributed by atoms with Crippen molar-refractivity contribution in [2.24, 2.45) is 0 Å². The molecule has 1 saturated heterocycles. The van der Waals surface area contributed by atoms with Crippen molar-refractivity contribution in [3.63, 3.8) is 0 Å². The van der Waals surface area contributed by atoms with E-state index in [4.69, 9.17) is 22.1 Å². The lowest BCUT2D eigenvalue weighted by Crippen LogP contribution is -2.39. The second-order valence-corrected chi connectivity index (χ2v) is 6.60. The van der Waals surface area contributed by atoms with Gasteiger partial charge in [0.25, 0.3) is 0 Å². The van der Waals surface area contributed by atoms with Crippen molar-refractivity contribution in [2.45, 2.75) is 32.8 Å². The van der Waals surface area contributed by atoms with Gasteiger partial charge < -0.3 is 20.3 Å². The van der Waals surface area contributed by atoms with Gasteiger partial charge in [0.2, 0.25) is 5.95 Å². The first kappa shape index (κ1) is 16.6. The summed E-state index contributed by atoms with van der Waals surface area (Å²) >= 11 is 5.92. The van der Waals surface area contributed by atoms with Crippen molar-refractivity contribution in [2.75, 3.05) is 36.8 Å². The number of aromatic nitrogens is 2. The molecule has 1 aromatic heterocycles. The molecule has 7 nitrogen and oxygen atoms in total. The second kappa shape index (κ2) is 6.56. The number of hydrogen-bond donors (Lipinski definition) is 1. The van der Waals surface area contributed by atoms with Gasteiger partial charge in [-0.3, -0.25) is 0 Å². The van der Waals surface area contributed by atoms with Gasteiger partial charge in [-0.05, 0) is 27.2 Å². The minimum atomic E-state index is -0.488. The predicted molar refractivity (Wildman–Crippen MR) is 86.1 cm³/mol. The van der Waals surface area contributed by atoms with E-state index in [2.05, 4.69) is 9.97 Å². The maximum absolute atomic E-state index is 12.1. The first-order valence-corrected chi connectivity index (χ1v) is 7.65. The number of hydrogen-bond acceptors (Lipinski definition) is 6. The SMILES string of the molecule is CC(C)(C)OC(=O)N1CCCN(c2cc(Cl)nc(N)n2)CC1. The van der Waals surface area contributed by atoms with E-state index in [-0.39, 0.29) is 12.0 Å². The van der Waals surface area contributed by atoms with E-state index < -0.39 is 5.60 Å². The summed E-state index contributed by atoms with van der Waals surface area (Å²) < 4.78 is 5.41. The predicted octanol–water partition coefficient (Wildman–Crippen LogP) is 2.16. The summed E-state index contributed by atoms with van der Waals surface area (Å²) in [6.45, 7) is 8.22.